The first kappa shape index (κ1) is 15.1. The molecule has 0 aliphatic carbocycles. The van der Waals surface area contributed by atoms with Crippen molar-refractivity contribution in [3.05, 3.63) is 35.5 Å². The van der Waals surface area contributed by atoms with Crippen LogP contribution >= 0.6 is 11.6 Å². The molecule has 1 unspecified atom stereocenters. The van der Waals surface area contributed by atoms with Gasteiger partial charge in [-0.2, -0.15) is 0 Å². The Hall–Kier alpha value is -1.85. The number of benzene rings is 1. The molecule has 1 fully saturated rings. The Morgan fingerprint density at radius 2 is 2.09 bits per heavy atom. The van der Waals surface area contributed by atoms with Gasteiger partial charge in [0.1, 0.15) is 17.0 Å². The van der Waals surface area contributed by atoms with Crippen LogP contribution in [0.25, 0.3) is 10.8 Å². The normalized spacial score (nSPS) is 16.5. The van der Waals surface area contributed by atoms with Crippen molar-refractivity contribution in [2.45, 2.75) is 13.0 Å². The maximum absolute atomic E-state index is 12.4. The zero-order chi connectivity index (χ0) is 15.5. The highest BCUT2D eigenvalue weighted by Gasteiger charge is 2.22. The van der Waals surface area contributed by atoms with Gasteiger partial charge in [-0.15, -0.1) is 0 Å². The van der Waals surface area contributed by atoms with Gasteiger partial charge in [0.05, 0.1) is 13.2 Å². The molecule has 1 atom stereocenters. The number of nitrogens with one attached hydrogen (secondary N) is 1. The summed E-state index contributed by atoms with van der Waals surface area (Å²) in [4.78, 5) is 18.5. The lowest BCUT2D eigenvalue weighted by Gasteiger charge is -2.29. The van der Waals surface area contributed by atoms with Crippen LogP contribution in [0.1, 0.15) is 6.92 Å². The molecule has 1 aliphatic rings. The number of anilines is 1. The third-order valence-corrected chi connectivity index (χ3v) is 4.04. The lowest BCUT2D eigenvalue weighted by molar-refractivity contribution is -0.135. The summed E-state index contributed by atoms with van der Waals surface area (Å²) in [6.07, 6.45) is 0. The molecule has 22 heavy (non-hydrogen) atoms. The monoisotopic (exact) mass is 319 g/mol. The highest BCUT2D eigenvalue weighted by atomic mass is 35.5. The van der Waals surface area contributed by atoms with E-state index in [2.05, 4.69) is 10.3 Å². The lowest BCUT2D eigenvalue weighted by atomic mass is 10.2. The minimum absolute atomic E-state index is 0.0504. The molecule has 2 aromatic rings. The SMILES string of the molecule is CC(Nc1cc2ccccc2c(Cl)n1)C(=O)N1CCOCC1. The second kappa shape index (κ2) is 6.50. The molecular weight excluding hydrogens is 302 g/mol. The fourth-order valence-electron chi connectivity index (χ4n) is 2.57. The lowest BCUT2D eigenvalue weighted by Crippen LogP contribution is -2.47. The van der Waals surface area contributed by atoms with E-state index in [1.165, 1.54) is 0 Å². The summed E-state index contributed by atoms with van der Waals surface area (Å²) in [6.45, 7) is 4.30. The van der Waals surface area contributed by atoms with Crippen molar-refractivity contribution in [3.63, 3.8) is 0 Å². The van der Waals surface area contributed by atoms with Crippen molar-refractivity contribution < 1.29 is 9.53 Å². The quantitative estimate of drug-likeness (QED) is 0.883. The van der Waals surface area contributed by atoms with Gasteiger partial charge in [0.2, 0.25) is 5.91 Å². The predicted molar refractivity (Wildman–Crippen MR) is 87.2 cm³/mol. The summed E-state index contributed by atoms with van der Waals surface area (Å²) in [5.74, 6) is 0.659. The number of hydrogen-bond acceptors (Lipinski definition) is 4. The van der Waals surface area contributed by atoms with Gasteiger partial charge in [-0.25, -0.2) is 4.98 Å². The Kier molecular flexibility index (Phi) is 4.45. The molecule has 0 spiro atoms. The number of halogens is 1. The van der Waals surface area contributed by atoms with Crippen LogP contribution < -0.4 is 5.32 Å². The third-order valence-electron chi connectivity index (χ3n) is 3.75. The summed E-state index contributed by atoms with van der Waals surface area (Å²) >= 11 is 6.21. The molecule has 1 N–H and O–H groups in total. The van der Waals surface area contributed by atoms with Gasteiger partial charge in [0.15, 0.2) is 0 Å². The number of rotatable bonds is 3. The smallest absolute Gasteiger partial charge is 0.244 e. The summed E-state index contributed by atoms with van der Waals surface area (Å²) < 4.78 is 5.27. The number of pyridine rings is 1. The van der Waals surface area contributed by atoms with Crippen molar-refractivity contribution in [2.24, 2.45) is 0 Å². The van der Waals surface area contributed by atoms with Crippen LogP contribution in [0.15, 0.2) is 30.3 Å². The number of aromatic nitrogens is 1. The number of carbonyl (C=O) groups excluding carboxylic acids is 1. The average molecular weight is 320 g/mol. The Morgan fingerprint density at radius 1 is 1.36 bits per heavy atom. The van der Waals surface area contributed by atoms with E-state index in [0.29, 0.717) is 37.3 Å². The second-order valence-corrected chi connectivity index (χ2v) is 5.68. The molecule has 1 amide bonds. The first-order chi connectivity index (χ1) is 10.6. The van der Waals surface area contributed by atoms with Crippen LogP contribution in [-0.4, -0.2) is 48.1 Å². The molecule has 0 radical (unpaired) electrons. The standard InChI is InChI=1S/C16H18ClN3O2/c1-11(16(21)20-6-8-22-9-7-20)18-14-10-12-4-2-3-5-13(12)15(17)19-14/h2-5,10-11H,6-9H2,1H3,(H,18,19). The summed E-state index contributed by atoms with van der Waals surface area (Å²) in [6, 6.07) is 9.32. The highest BCUT2D eigenvalue weighted by Crippen LogP contribution is 2.24. The van der Waals surface area contributed by atoms with E-state index in [1.54, 1.807) is 0 Å². The molecule has 5 nitrogen and oxygen atoms in total. The predicted octanol–water partition coefficient (Wildman–Crippen LogP) is 2.55. The third kappa shape index (κ3) is 3.15. The van der Waals surface area contributed by atoms with Crippen molar-refractivity contribution in [1.82, 2.24) is 9.88 Å². The second-order valence-electron chi connectivity index (χ2n) is 5.32. The molecule has 3 rings (SSSR count). The summed E-state index contributed by atoms with van der Waals surface area (Å²) in [5, 5.41) is 5.48. The first-order valence-corrected chi connectivity index (χ1v) is 7.71. The van der Waals surface area contributed by atoms with E-state index >= 15 is 0 Å². The van der Waals surface area contributed by atoms with Gasteiger partial charge in [-0.1, -0.05) is 35.9 Å². The van der Waals surface area contributed by atoms with E-state index in [4.69, 9.17) is 16.3 Å². The zero-order valence-electron chi connectivity index (χ0n) is 12.4. The van der Waals surface area contributed by atoms with Gasteiger partial charge < -0.3 is 15.0 Å². The molecule has 6 heteroatoms. The number of fused-ring (bicyclic) bond motifs is 1. The highest BCUT2D eigenvalue weighted by molar-refractivity contribution is 6.34. The van der Waals surface area contributed by atoms with Crippen molar-refractivity contribution >= 4 is 34.1 Å². The van der Waals surface area contributed by atoms with E-state index in [1.807, 2.05) is 42.2 Å². The maximum Gasteiger partial charge on any atom is 0.244 e. The Balaban J connectivity index is 1.76. The number of hydrogen-bond donors (Lipinski definition) is 1. The molecule has 0 bridgehead atoms. The number of amides is 1. The van der Waals surface area contributed by atoms with Crippen LogP contribution in [-0.2, 0) is 9.53 Å². The van der Waals surface area contributed by atoms with E-state index in [9.17, 15) is 4.79 Å². The summed E-state index contributed by atoms with van der Waals surface area (Å²) in [5.41, 5.74) is 0. The van der Waals surface area contributed by atoms with Crippen LogP contribution in [0.4, 0.5) is 5.82 Å². The zero-order valence-corrected chi connectivity index (χ0v) is 13.1. The van der Waals surface area contributed by atoms with Gasteiger partial charge >= 0.3 is 0 Å². The maximum atomic E-state index is 12.4. The molecule has 116 valence electrons. The summed E-state index contributed by atoms with van der Waals surface area (Å²) in [7, 11) is 0. The molecule has 2 heterocycles. The largest absolute Gasteiger partial charge is 0.378 e. The topological polar surface area (TPSA) is 54.5 Å². The Morgan fingerprint density at radius 3 is 2.86 bits per heavy atom. The molecular formula is C16H18ClN3O2. The van der Waals surface area contributed by atoms with Crippen molar-refractivity contribution in [3.8, 4) is 0 Å². The minimum atomic E-state index is -0.358. The Labute approximate surface area is 134 Å². The number of nitrogens with zero attached hydrogens (tertiary/aromatic N) is 2. The van der Waals surface area contributed by atoms with Gasteiger partial charge in [0.25, 0.3) is 0 Å². The van der Waals surface area contributed by atoms with Gasteiger partial charge in [-0.3, -0.25) is 4.79 Å². The number of carbonyl (C=O) groups is 1. The first-order valence-electron chi connectivity index (χ1n) is 7.33. The molecule has 1 aromatic heterocycles. The van der Waals surface area contributed by atoms with Crippen molar-refractivity contribution in [2.75, 3.05) is 31.6 Å². The van der Waals surface area contributed by atoms with Crippen LogP contribution in [0.3, 0.4) is 0 Å². The average Bonchev–Trinajstić information content (AvgIpc) is 2.55. The van der Waals surface area contributed by atoms with Crippen LogP contribution in [0.2, 0.25) is 5.15 Å². The molecule has 0 saturated carbocycles. The van der Waals surface area contributed by atoms with Crippen molar-refractivity contribution in [1.29, 1.82) is 0 Å². The Bertz CT molecular complexity index is 686. The number of morpholine rings is 1. The van der Waals surface area contributed by atoms with Crippen LogP contribution in [0, 0.1) is 0 Å². The van der Waals surface area contributed by atoms with E-state index in [-0.39, 0.29) is 11.9 Å². The van der Waals surface area contributed by atoms with E-state index in [0.717, 1.165) is 10.8 Å². The van der Waals surface area contributed by atoms with Crippen LogP contribution in [0.5, 0.6) is 0 Å². The molecule has 1 saturated heterocycles. The number of ether oxygens (including phenoxy) is 1. The molecule has 1 aromatic carbocycles. The van der Waals surface area contributed by atoms with Gasteiger partial charge in [0, 0.05) is 18.5 Å². The van der Waals surface area contributed by atoms with E-state index < -0.39 is 0 Å². The van der Waals surface area contributed by atoms with Gasteiger partial charge in [-0.05, 0) is 18.4 Å². The fraction of sp³-hybridized carbons (Fsp3) is 0.375. The minimum Gasteiger partial charge on any atom is -0.378 e. The fourth-order valence-corrected chi connectivity index (χ4v) is 2.83. The molecule has 1 aliphatic heterocycles.